The first kappa shape index (κ1) is 20.6. The molecule has 3 aromatic rings. The van der Waals surface area contributed by atoms with E-state index in [4.69, 9.17) is 11.6 Å². The van der Waals surface area contributed by atoms with Gasteiger partial charge in [-0.3, -0.25) is 24.6 Å². The number of aromatic nitrogens is 1. The van der Waals surface area contributed by atoms with Crippen molar-refractivity contribution in [1.29, 1.82) is 0 Å². The Morgan fingerprint density at radius 2 is 1.59 bits per heavy atom. The third kappa shape index (κ3) is 3.74. The molecule has 1 N–H and O–H groups in total. The van der Waals surface area contributed by atoms with Gasteiger partial charge in [-0.15, -0.1) is 11.3 Å². The zero-order valence-corrected chi connectivity index (χ0v) is 18.4. The molecule has 5 rings (SSSR count). The molecule has 2 heterocycles. The van der Waals surface area contributed by atoms with Gasteiger partial charge in [-0.05, 0) is 49.2 Å². The lowest BCUT2D eigenvalue weighted by molar-refractivity contribution is -0.122. The first-order valence-electron chi connectivity index (χ1n) is 10.2. The van der Waals surface area contributed by atoms with E-state index in [0.29, 0.717) is 34.2 Å². The van der Waals surface area contributed by atoms with Crippen LogP contribution in [0.2, 0.25) is 5.02 Å². The molecule has 1 saturated heterocycles. The summed E-state index contributed by atoms with van der Waals surface area (Å²) in [4.78, 5) is 43.8. The molecule has 8 heteroatoms. The van der Waals surface area contributed by atoms with E-state index in [2.05, 4.69) is 10.3 Å². The van der Waals surface area contributed by atoms with Gasteiger partial charge in [0.05, 0.1) is 23.2 Å². The summed E-state index contributed by atoms with van der Waals surface area (Å²) in [5.41, 5.74) is 2.56. The van der Waals surface area contributed by atoms with Crippen LogP contribution in [0.4, 0.5) is 10.8 Å². The number of halogens is 1. The SMILES string of the molecule is O=C(Nc1nc(-c2ccc(Cl)cc2)cs1)c1ccc(N2C(=O)C3CC=CCC3C2=O)cc1. The molecule has 1 aliphatic heterocycles. The minimum absolute atomic E-state index is 0.168. The molecule has 2 aliphatic rings. The lowest BCUT2D eigenvalue weighted by Crippen LogP contribution is -2.30. The van der Waals surface area contributed by atoms with Gasteiger partial charge in [0.1, 0.15) is 0 Å². The molecule has 2 unspecified atom stereocenters. The fourth-order valence-corrected chi connectivity index (χ4v) is 4.91. The maximum Gasteiger partial charge on any atom is 0.257 e. The number of hydrogen-bond acceptors (Lipinski definition) is 5. The number of nitrogens with zero attached hydrogens (tertiary/aromatic N) is 2. The molecular formula is C24H18ClN3O3S. The predicted molar refractivity (Wildman–Crippen MR) is 125 cm³/mol. The second-order valence-electron chi connectivity index (χ2n) is 7.71. The fraction of sp³-hybridized carbons (Fsp3) is 0.167. The van der Waals surface area contributed by atoms with E-state index < -0.39 is 0 Å². The Labute approximate surface area is 193 Å². The molecule has 0 saturated carbocycles. The molecule has 0 bridgehead atoms. The van der Waals surface area contributed by atoms with E-state index in [1.165, 1.54) is 16.2 Å². The maximum atomic E-state index is 12.7. The normalized spacial score (nSPS) is 19.8. The number of fused-ring (bicyclic) bond motifs is 1. The van der Waals surface area contributed by atoms with Gasteiger partial charge in [-0.2, -0.15) is 0 Å². The number of nitrogens with one attached hydrogen (secondary N) is 1. The van der Waals surface area contributed by atoms with Crippen LogP contribution in [0.3, 0.4) is 0 Å². The van der Waals surface area contributed by atoms with E-state index in [-0.39, 0.29) is 29.6 Å². The van der Waals surface area contributed by atoms with Crippen molar-refractivity contribution in [2.24, 2.45) is 11.8 Å². The van der Waals surface area contributed by atoms with Crippen LogP contribution in [0.25, 0.3) is 11.3 Å². The summed E-state index contributed by atoms with van der Waals surface area (Å²) in [6.07, 6.45) is 5.11. The minimum Gasteiger partial charge on any atom is -0.298 e. The topological polar surface area (TPSA) is 79.4 Å². The smallest absolute Gasteiger partial charge is 0.257 e. The average molecular weight is 464 g/mol. The molecule has 1 aliphatic carbocycles. The summed E-state index contributed by atoms with van der Waals surface area (Å²) in [6.45, 7) is 0. The Kier molecular flexibility index (Phi) is 5.36. The maximum absolute atomic E-state index is 12.7. The number of imide groups is 1. The number of benzene rings is 2. The van der Waals surface area contributed by atoms with E-state index in [9.17, 15) is 14.4 Å². The zero-order chi connectivity index (χ0) is 22.2. The van der Waals surface area contributed by atoms with E-state index in [1.807, 2.05) is 29.7 Å². The number of thiazole rings is 1. The second-order valence-corrected chi connectivity index (χ2v) is 9.01. The summed E-state index contributed by atoms with van der Waals surface area (Å²) < 4.78 is 0. The Morgan fingerprint density at radius 1 is 0.969 bits per heavy atom. The van der Waals surface area contributed by atoms with Gasteiger partial charge in [0.25, 0.3) is 5.91 Å². The number of amides is 3. The second kappa shape index (κ2) is 8.33. The molecule has 0 spiro atoms. The number of carbonyl (C=O) groups excluding carboxylic acids is 3. The van der Waals surface area contributed by atoms with Gasteiger partial charge in [0, 0.05) is 21.5 Å². The molecule has 1 fully saturated rings. The minimum atomic E-state index is -0.314. The van der Waals surface area contributed by atoms with Crippen LogP contribution in [-0.2, 0) is 9.59 Å². The van der Waals surface area contributed by atoms with E-state index >= 15 is 0 Å². The summed E-state index contributed by atoms with van der Waals surface area (Å²) >= 11 is 7.25. The Hall–Kier alpha value is -3.29. The van der Waals surface area contributed by atoms with Crippen molar-refractivity contribution in [2.75, 3.05) is 10.2 Å². The van der Waals surface area contributed by atoms with Crippen molar-refractivity contribution in [2.45, 2.75) is 12.8 Å². The molecule has 0 radical (unpaired) electrons. The Balaban J connectivity index is 1.28. The number of anilines is 2. The van der Waals surface area contributed by atoms with Crippen molar-refractivity contribution in [3.05, 3.63) is 76.6 Å². The first-order chi connectivity index (χ1) is 15.5. The molecule has 1 aromatic heterocycles. The number of hydrogen-bond donors (Lipinski definition) is 1. The van der Waals surface area contributed by atoms with Crippen LogP contribution in [0.15, 0.2) is 66.1 Å². The van der Waals surface area contributed by atoms with Gasteiger partial charge >= 0.3 is 0 Å². The van der Waals surface area contributed by atoms with Crippen LogP contribution in [0.5, 0.6) is 0 Å². The van der Waals surface area contributed by atoms with Gasteiger partial charge in [-0.1, -0.05) is 35.9 Å². The molecule has 160 valence electrons. The zero-order valence-electron chi connectivity index (χ0n) is 16.8. The standard InChI is InChI=1S/C24H18ClN3O3S/c25-16-9-5-14(6-10-16)20-13-32-24(26-20)27-21(29)15-7-11-17(12-8-15)28-22(30)18-3-1-2-4-19(18)23(28)31/h1-2,5-13,18-19H,3-4H2,(H,26,27,29). The molecule has 32 heavy (non-hydrogen) atoms. The van der Waals surface area contributed by atoms with Crippen molar-refractivity contribution >= 4 is 51.5 Å². The molecule has 6 nitrogen and oxygen atoms in total. The van der Waals surface area contributed by atoms with Gasteiger partial charge in [0.15, 0.2) is 5.13 Å². The van der Waals surface area contributed by atoms with Crippen LogP contribution in [0, 0.1) is 11.8 Å². The monoisotopic (exact) mass is 463 g/mol. The van der Waals surface area contributed by atoms with Gasteiger partial charge in [-0.25, -0.2) is 4.98 Å². The van der Waals surface area contributed by atoms with E-state index in [1.54, 1.807) is 36.4 Å². The predicted octanol–water partition coefficient (Wildman–Crippen LogP) is 5.17. The molecule has 3 amide bonds. The number of allylic oxidation sites excluding steroid dienone is 2. The quantitative estimate of drug-likeness (QED) is 0.427. The summed E-state index contributed by atoms with van der Waals surface area (Å²) in [5, 5.41) is 5.78. The highest BCUT2D eigenvalue weighted by Gasteiger charge is 2.47. The number of rotatable bonds is 4. The van der Waals surface area contributed by atoms with Crippen LogP contribution in [-0.4, -0.2) is 22.7 Å². The number of carbonyl (C=O) groups is 3. The largest absolute Gasteiger partial charge is 0.298 e. The molecule has 2 aromatic carbocycles. The average Bonchev–Trinajstić information content (AvgIpc) is 3.37. The van der Waals surface area contributed by atoms with Gasteiger partial charge in [0.2, 0.25) is 11.8 Å². The summed E-state index contributed by atoms with van der Waals surface area (Å²) in [5.74, 6) is -1.21. The lowest BCUT2D eigenvalue weighted by atomic mass is 9.85. The highest BCUT2D eigenvalue weighted by atomic mass is 35.5. The van der Waals surface area contributed by atoms with Crippen LogP contribution >= 0.6 is 22.9 Å². The first-order valence-corrected chi connectivity index (χ1v) is 11.4. The van der Waals surface area contributed by atoms with Crippen molar-refractivity contribution < 1.29 is 14.4 Å². The van der Waals surface area contributed by atoms with Gasteiger partial charge < -0.3 is 0 Å². The van der Waals surface area contributed by atoms with Crippen molar-refractivity contribution in [3.8, 4) is 11.3 Å². The third-order valence-corrected chi connectivity index (χ3v) is 6.77. The highest BCUT2D eigenvalue weighted by Crippen LogP contribution is 2.37. The van der Waals surface area contributed by atoms with E-state index in [0.717, 1.165) is 11.3 Å². The van der Waals surface area contributed by atoms with Crippen LogP contribution in [0.1, 0.15) is 23.2 Å². The highest BCUT2D eigenvalue weighted by molar-refractivity contribution is 7.14. The Morgan fingerprint density at radius 3 is 2.22 bits per heavy atom. The Bertz CT molecular complexity index is 1210. The van der Waals surface area contributed by atoms with Crippen molar-refractivity contribution in [1.82, 2.24) is 4.98 Å². The van der Waals surface area contributed by atoms with Crippen molar-refractivity contribution in [3.63, 3.8) is 0 Å². The molecule has 2 atom stereocenters. The fourth-order valence-electron chi connectivity index (χ4n) is 4.07. The third-order valence-electron chi connectivity index (χ3n) is 5.76. The molecular weight excluding hydrogens is 446 g/mol. The summed E-state index contributed by atoms with van der Waals surface area (Å²) in [7, 11) is 0. The summed E-state index contributed by atoms with van der Waals surface area (Å²) in [6, 6.07) is 13.8. The lowest BCUT2D eigenvalue weighted by Gasteiger charge is -2.15. The van der Waals surface area contributed by atoms with Crippen LogP contribution < -0.4 is 10.2 Å².